The number of hydrogen-bond donors (Lipinski definition) is 2. The first kappa shape index (κ1) is 22.6. The number of hydrogen-bond acceptors (Lipinski definition) is 7. The molecule has 35 heavy (non-hydrogen) atoms. The summed E-state index contributed by atoms with van der Waals surface area (Å²) in [5, 5.41) is 18.9. The molecule has 0 unspecified atom stereocenters. The van der Waals surface area contributed by atoms with Crippen LogP contribution in [-0.4, -0.2) is 48.7 Å². The average Bonchev–Trinajstić information content (AvgIpc) is 3.26. The number of pyridine rings is 2. The number of carbonyl (C=O) groups is 1. The Hall–Kier alpha value is -4.21. The van der Waals surface area contributed by atoms with Gasteiger partial charge in [-0.05, 0) is 55.3 Å². The van der Waals surface area contributed by atoms with Crippen molar-refractivity contribution in [2.24, 2.45) is 0 Å². The lowest BCUT2D eigenvalue weighted by molar-refractivity contribution is -0.00690. The monoisotopic (exact) mass is 468 g/mol. The van der Waals surface area contributed by atoms with Crippen molar-refractivity contribution in [3.8, 4) is 11.3 Å². The third-order valence-electron chi connectivity index (χ3n) is 5.65. The van der Waals surface area contributed by atoms with E-state index in [-0.39, 0.29) is 12.5 Å². The van der Waals surface area contributed by atoms with E-state index >= 15 is 0 Å². The van der Waals surface area contributed by atoms with E-state index in [1.54, 1.807) is 23.9 Å². The zero-order valence-corrected chi connectivity index (χ0v) is 19.3. The van der Waals surface area contributed by atoms with Gasteiger partial charge in [0.15, 0.2) is 5.65 Å². The highest BCUT2D eigenvalue weighted by molar-refractivity contribution is 5.95. The van der Waals surface area contributed by atoms with Gasteiger partial charge in [-0.3, -0.25) is 14.6 Å². The van der Waals surface area contributed by atoms with Crippen molar-refractivity contribution in [3.05, 3.63) is 83.6 Å². The molecule has 9 nitrogen and oxygen atoms in total. The van der Waals surface area contributed by atoms with Gasteiger partial charge in [-0.25, -0.2) is 15.1 Å². The van der Waals surface area contributed by atoms with Gasteiger partial charge in [0.25, 0.3) is 5.91 Å². The van der Waals surface area contributed by atoms with Gasteiger partial charge in [-0.2, -0.15) is 0 Å². The summed E-state index contributed by atoms with van der Waals surface area (Å²) >= 11 is 0. The van der Waals surface area contributed by atoms with E-state index in [0.29, 0.717) is 23.3 Å². The molecule has 0 spiro atoms. The maximum Gasteiger partial charge on any atom is 0.275 e. The van der Waals surface area contributed by atoms with Crippen LogP contribution in [0.1, 0.15) is 28.4 Å². The number of para-hydroxylation sites is 1. The van der Waals surface area contributed by atoms with E-state index in [0.717, 1.165) is 33.3 Å². The van der Waals surface area contributed by atoms with Crippen LogP contribution in [0.15, 0.2) is 66.9 Å². The van der Waals surface area contributed by atoms with Crippen molar-refractivity contribution in [2.75, 3.05) is 6.61 Å². The molecule has 0 aliphatic rings. The Balaban J connectivity index is 1.42. The molecular formula is C26H24N6O3. The molecule has 0 aliphatic heterocycles. The molecule has 9 heteroatoms. The summed E-state index contributed by atoms with van der Waals surface area (Å²) in [4.78, 5) is 26.8. The van der Waals surface area contributed by atoms with Gasteiger partial charge >= 0.3 is 0 Å². The Morgan fingerprint density at radius 1 is 1.14 bits per heavy atom. The fourth-order valence-electron chi connectivity index (χ4n) is 3.94. The molecule has 1 atom stereocenters. The fourth-order valence-corrected chi connectivity index (χ4v) is 3.94. The maximum absolute atomic E-state index is 12.4. The van der Waals surface area contributed by atoms with Crippen LogP contribution in [0.25, 0.3) is 33.3 Å². The summed E-state index contributed by atoms with van der Waals surface area (Å²) in [5.41, 5.74) is 8.55. The van der Waals surface area contributed by atoms with Crippen molar-refractivity contribution >= 4 is 28.0 Å². The lowest BCUT2D eigenvalue weighted by atomic mass is 10.0. The van der Waals surface area contributed by atoms with E-state index in [1.807, 2.05) is 61.5 Å². The Morgan fingerprint density at radius 3 is 2.83 bits per heavy atom. The van der Waals surface area contributed by atoms with Gasteiger partial charge in [0.05, 0.1) is 23.9 Å². The van der Waals surface area contributed by atoms with Crippen LogP contribution in [0.4, 0.5) is 0 Å². The van der Waals surface area contributed by atoms with Crippen molar-refractivity contribution in [1.29, 1.82) is 0 Å². The Morgan fingerprint density at radius 2 is 2.00 bits per heavy atom. The molecule has 176 valence electrons. The third-order valence-corrected chi connectivity index (χ3v) is 5.65. The molecule has 0 saturated heterocycles. The molecule has 0 fully saturated rings. The van der Waals surface area contributed by atoms with Crippen molar-refractivity contribution in [3.63, 3.8) is 0 Å². The molecule has 0 bridgehead atoms. The van der Waals surface area contributed by atoms with Gasteiger partial charge < -0.3 is 5.11 Å². The number of aliphatic hydroxyl groups is 1. The van der Waals surface area contributed by atoms with Gasteiger partial charge in [0.2, 0.25) is 0 Å². The predicted molar refractivity (Wildman–Crippen MR) is 131 cm³/mol. The van der Waals surface area contributed by atoms with Crippen LogP contribution in [0.2, 0.25) is 0 Å². The van der Waals surface area contributed by atoms with Gasteiger partial charge in [0, 0.05) is 22.7 Å². The second kappa shape index (κ2) is 9.57. The number of rotatable bonds is 7. The van der Waals surface area contributed by atoms with Crippen LogP contribution >= 0.6 is 0 Å². The second-order valence-electron chi connectivity index (χ2n) is 8.40. The molecule has 0 saturated carbocycles. The SMILES string of the molecule is Cc1cc(-c2ccc3nnn(Cc4cccc5cccnc45)c3n2)ccc1C(=O)NOC[C@@H](C)O. The van der Waals surface area contributed by atoms with Crippen LogP contribution in [0.5, 0.6) is 0 Å². The molecule has 0 radical (unpaired) electrons. The number of aryl methyl sites for hydroxylation is 1. The largest absolute Gasteiger partial charge is 0.391 e. The van der Waals surface area contributed by atoms with Crippen molar-refractivity contribution in [2.45, 2.75) is 26.5 Å². The number of carbonyl (C=O) groups excluding carboxylic acids is 1. The number of aromatic nitrogens is 5. The predicted octanol–water partition coefficient (Wildman–Crippen LogP) is 3.44. The first-order valence-corrected chi connectivity index (χ1v) is 11.2. The smallest absolute Gasteiger partial charge is 0.275 e. The van der Waals surface area contributed by atoms with Gasteiger partial charge in [-0.1, -0.05) is 35.5 Å². The van der Waals surface area contributed by atoms with E-state index in [2.05, 4.69) is 20.8 Å². The number of nitrogens with one attached hydrogen (secondary N) is 1. The van der Waals surface area contributed by atoms with Crippen LogP contribution in [0.3, 0.4) is 0 Å². The maximum atomic E-state index is 12.4. The van der Waals surface area contributed by atoms with Crippen molar-refractivity contribution in [1.82, 2.24) is 30.4 Å². The summed E-state index contributed by atoms with van der Waals surface area (Å²) in [5.74, 6) is -0.371. The standard InChI is InChI=1S/C26H24N6O3/c1-16-13-19(8-9-21(16)26(34)30-35-15-17(2)33)22-10-11-23-25(28-22)32(31-29-23)14-20-6-3-5-18-7-4-12-27-24(18)20/h3-13,17,33H,14-15H2,1-2H3,(H,30,34)/t17-/m1/s1. The van der Waals surface area contributed by atoms with E-state index < -0.39 is 6.10 Å². The lowest BCUT2D eigenvalue weighted by Gasteiger charge is -2.11. The minimum absolute atomic E-state index is 0.0172. The first-order chi connectivity index (χ1) is 17.0. The number of amides is 1. The van der Waals surface area contributed by atoms with Crippen molar-refractivity contribution < 1.29 is 14.7 Å². The highest BCUT2D eigenvalue weighted by atomic mass is 16.7. The molecule has 3 heterocycles. The molecule has 2 N–H and O–H groups in total. The molecule has 3 aromatic heterocycles. The first-order valence-electron chi connectivity index (χ1n) is 11.2. The van der Waals surface area contributed by atoms with Crippen LogP contribution in [-0.2, 0) is 11.4 Å². The summed E-state index contributed by atoms with van der Waals surface area (Å²) in [6, 6.07) is 19.3. The van der Waals surface area contributed by atoms with E-state index in [9.17, 15) is 9.90 Å². The molecule has 0 aliphatic carbocycles. The normalized spacial score (nSPS) is 12.2. The second-order valence-corrected chi connectivity index (χ2v) is 8.40. The van der Waals surface area contributed by atoms with Gasteiger partial charge in [-0.15, -0.1) is 5.10 Å². The van der Waals surface area contributed by atoms with E-state index in [1.165, 1.54) is 0 Å². The van der Waals surface area contributed by atoms with E-state index in [4.69, 9.17) is 9.82 Å². The van der Waals surface area contributed by atoms with Crippen LogP contribution < -0.4 is 5.48 Å². The Labute approximate surface area is 201 Å². The lowest BCUT2D eigenvalue weighted by Crippen LogP contribution is -2.27. The average molecular weight is 469 g/mol. The number of hydroxylamine groups is 1. The highest BCUT2D eigenvalue weighted by Gasteiger charge is 2.14. The number of nitrogens with zero attached hydrogens (tertiary/aromatic N) is 5. The number of aliphatic hydroxyl groups excluding tert-OH is 1. The number of benzene rings is 2. The zero-order valence-electron chi connectivity index (χ0n) is 19.3. The third kappa shape index (κ3) is 4.72. The Kier molecular flexibility index (Phi) is 6.17. The highest BCUT2D eigenvalue weighted by Crippen LogP contribution is 2.24. The number of fused-ring (bicyclic) bond motifs is 2. The molecule has 5 aromatic rings. The zero-order chi connectivity index (χ0) is 24.4. The van der Waals surface area contributed by atoms with Crippen LogP contribution in [0, 0.1) is 6.92 Å². The molecule has 5 rings (SSSR count). The van der Waals surface area contributed by atoms with Gasteiger partial charge in [0.1, 0.15) is 12.1 Å². The summed E-state index contributed by atoms with van der Waals surface area (Å²) in [6.45, 7) is 3.94. The summed E-state index contributed by atoms with van der Waals surface area (Å²) < 4.78 is 1.77. The molecule has 2 aromatic carbocycles. The minimum Gasteiger partial charge on any atom is -0.391 e. The topological polar surface area (TPSA) is 115 Å². The Bertz CT molecular complexity index is 1520. The quantitative estimate of drug-likeness (QED) is 0.352. The summed E-state index contributed by atoms with van der Waals surface area (Å²) in [6.07, 6.45) is 1.12. The molecule has 1 amide bonds. The minimum atomic E-state index is -0.667. The fraction of sp³-hybridized carbons (Fsp3) is 0.192. The molecular weight excluding hydrogens is 444 g/mol. The summed E-state index contributed by atoms with van der Waals surface area (Å²) in [7, 11) is 0.